The summed E-state index contributed by atoms with van der Waals surface area (Å²) < 4.78 is 0. The molecule has 0 aromatic heterocycles. The lowest BCUT2D eigenvalue weighted by Gasteiger charge is -2.35. The highest BCUT2D eigenvalue weighted by atomic mass is 16.7. The molecule has 4 rings (SSSR count). The average molecular weight is 314 g/mol. The fourth-order valence-corrected chi connectivity index (χ4v) is 2.92. The van der Waals surface area contributed by atoms with Gasteiger partial charge in [0.05, 0.1) is 6.54 Å². The minimum atomic E-state index is -0.221. The molecule has 0 amide bonds. The molecule has 1 unspecified atom stereocenters. The molecule has 3 aromatic rings. The van der Waals surface area contributed by atoms with Gasteiger partial charge in [-0.15, -0.1) is 0 Å². The van der Waals surface area contributed by atoms with E-state index in [2.05, 4.69) is 46.5 Å². The van der Waals surface area contributed by atoms with Crippen molar-refractivity contribution in [3.05, 3.63) is 102 Å². The molecular weight excluding hydrogens is 296 g/mol. The zero-order valence-corrected chi connectivity index (χ0v) is 13.2. The smallest absolute Gasteiger partial charge is 0.226 e. The van der Waals surface area contributed by atoms with Crippen molar-refractivity contribution in [1.29, 1.82) is 0 Å². The quantitative estimate of drug-likeness (QED) is 0.704. The van der Waals surface area contributed by atoms with Gasteiger partial charge in [0.25, 0.3) is 0 Å². The fourth-order valence-electron chi connectivity index (χ4n) is 2.92. The van der Waals surface area contributed by atoms with E-state index in [-0.39, 0.29) is 6.23 Å². The van der Waals surface area contributed by atoms with Crippen LogP contribution in [0, 0.1) is 0 Å². The second-order valence-corrected chi connectivity index (χ2v) is 5.74. The first-order chi connectivity index (χ1) is 11.9. The van der Waals surface area contributed by atoms with Crippen LogP contribution < -0.4 is 4.90 Å². The van der Waals surface area contributed by atoms with Crippen LogP contribution in [-0.2, 0) is 4.84 Å². The first kappa shape index (κ1) is 14.5. The van der Waals surface area contributed by atoms with Gasteiger partial charge in [-0.05, 0) is 12.1 Å². The van der Waals surface area contributed by atoms with Crippen molar-refractivity contribution in [2.45, 2.75) is 6.23 Å². The Bertz CT molecular complexity index is 816. The highest BCUT2D eigenvalue weighted by Gasteiger charge is 2.28. The molecule has 3 nitrogen and oxygen atoms in total. The number of rotatable bonds is 3. The third-order valence-electron chi connectivity index (χ3n) is 4.15. The van der Waals surface area contributed by atoms with E-state index in [1.807, 2.05) is 54.6 Å². The molecule has 0 saturated heterocycles. The summed E-state index contributed by atoms with van der Waals surface area (Å²) in [6.07, 6.45) is -0.221. The number of nitrogens with zero attached hydrogens (tertiary/aromatic N) is 2. The minimum absolute atomic E-state index is 0.221. The van der Waals surface area contributed by atoms with Crippen LogP contribution in [0.5, 0.6) is 0 Å². The number of oxime groups is 1. The standard InChI is InChI=1S/C21H18N2O/c1-4-10-17(11-5-1)20-16-23(19-14-8-3-9-15-19)21(24-22-20)18-12-6-2-7-13-18/h1-15,21H,16H2. The van der Waals surface area contributed by atoms with Crippen LogP contribution in [0.4, 0.5) is 5.69 Å². The Balaban J connectivity index is 1.72. The Morgan fingerprint density at radius 1 is 0.750 bits per heavy atom. The van der Waals surface area contributed by atoms with E-state index in [0.29, 0.717) is 6.54 Å². The summed E-state index contributed by atoms with van der Waals surface area (Å²) in [7, 11) is 0. The summed E-state index contributed by atoms with van der Waals surface area (Å²) in [6, 6.07) is 30.7. The lowest BCUT2D eigenvalue weighted by molar-refractivity contribution is 0.0486. The Morgan fingerprint density at radius 3 is 2.00 bits per heavy atom. The molecule has 1 atom stereocenters. The monoisotopic (exact) mass is 314 g/mol. The zero-order valence-electron chi connectivity index (χ0n) is 13.2. The third-order valence-corrected chi connectivity index (χ3v) is 4.15. The summed E-state index contributed by atoms with van der Waals surface area (Å²) in [5.74, 6) is 0. The molecule has 0 N–H and O–H groups in total. The van der Waals surface area contributed by atoms with Crippen molar-refractivity contribution in [1.82, 2.24) is 0 Å². The summed E-state index contributed by atoms with van der Waals surface area (Å²) in [5, 5.41) is 4.41. The molecule has 0 fully saturated rings. The van der Waals surface area contributed by atoms with Gasteiger partial charge < -0.3 is 9.74 Å². The predicted molar refractivity (Wildman–Crippen MR) is 97.0 cm³/mol. The third kappa shape index (κ3) is 2.88. The average Bonchev–Trinajstić information content (AvgIpc) is 2.69. The van der Waals surface area contributed by atoms with Crippen LogP contribution in [-0.4, -0.2) is 12.3 Å². The molecule has 1 heterocycles. The van der Waals surface area contributed by atoms with Crippen LogP contribution in [0.25, 0.3) is 0 Å². The molecule has 0 saturated carbocycles. The Hall–Kier alpha value is -3.07. The fraction of sp³-hybridized carbons (Fsp3) is 0.0952. The van der Waals surface area contributed by atoms with Gasteiger partial charge in [0, 0.05) is 16.8 Å². The van der Waals surface area contributed by atoms with Crippen molar-refractivity contribution in [2.75, 3.05) is 11.4 Å². The second-order valence-electron chi connectivity index (χ2n) is 5.74. The van der Waals surface area contributed by atoms with Gasteiger partial charge in [0.1, 0.15) is 5.71 Å². The van der Waals surface area contributed by atoms with Crippen molar-refractivity contribution in [2.24, 2.45) is 5.16 Å². The molecular formula is C21H18N2O. The lowest BCUT2D eigenvalue weighted by Crippen LogP contribution is -2.38. The molecule has 1 aliphatic heterocycles. The van der Waals surface area contributed by atoms with Crippen LogP contribution in [0.3, 0.4) is 0 Å². The van der Waals surface area contributed by atoms with Gasteiger partial charge in [-0.1, -0.05) is 84.0 Å². The van der Waals surface area contributed by atoms with Gasteiger partial charge in [-0.3, -0.25) is 0 Å². The molecule has 0 spiro atoms. The topological polar surface area (TPSA) is 24.8 Å². The lowest BCUT2D eigenvalue weighted by atomic mass is 10.1. The van der Waals surface area contributed by atoms with E-state index in [0.717, 1.165) is 22.5 Å². The first-order valence-corrected chi connectivity index (χ1v) is 8.06. The summed E-state index contributed by atoms with van der Waals surface area (Å²) in [6.45, 7) is 0.702. The van der Waals surface area contributed by atoms with Gasteiger partial charge >= 0.3 is 0 Å². The number of para-hydroxylation sites is 1. The first-order valence-electron chi connectivity index (χ1n) is 8.06. The molecule has 0 radical (unpaired) electrons. The van der Waals surface area contributed by atoms with E-state index in [1.54, 1.807) is 0 Å². The second kappa shape index (κ2) is 6.59. The Labute approximate surface area is 141 Å². The van der Waals surface area contributed by atoms with Crippen molar-refractivity contribution >= 4 is 11.4 Å². The molecule has 118 valence electrons. The normalized spacial score (nSPS) is 17.1. The van der Waals surface area contributed by atoms with Gasteiger partial charge in [0.15, 0.2) is 0 Å². The molecule has 1 aliphatic rings. The van der Waals surface area contributed by atoms with E-state index in [9.17, 15) is 0 Å². The van der Waals surface area contributed by atoms with Crippen molar-refractivity contribution < 1.29 is 4.84 Å². The molecule has 3 aromatic carbocycles. The van der Waals surface area contributed by atoms with E-state index < -0.39 is 0 Å². The maximum atomic E-state index is 5.91. The van der Waals surface area contributed by atoms with Crippen LogP contribution >= 0.6 is 0 Å². The van der Waals surface area contributed by atoms with Gasteiger partial charge in [-0.25, -0.2) is 0 Å². The number of hydrogen-bond acceptors (Lipinski definition) is 3. The zero-order chi connectivity index (χ0) is 16.2. The molecule has 3 heteroatoms. The number of anilines is 1. The highest BCUT2D eigenvalue weighted by molar-refractivity contribution is 6.03. The van der Waals surface area contributed by atoms with Crippen LogP contribution in [0.2, 0.25) is 0 Å². The highest BCUT2D eigenvalue weighted by Crippen LogP contribution is 2.31. The molecule has 0 aliphatic carbocycles. The maximum Gasteiger partial charge on any atom is 0.226 e. The minimum Gasteiger partial charge on any atom is -0.365 e. The van der Waals surface area contributed by atoms with E-state index in [1.165, 1.54) is 0 Å². The summed E-state index contributed by atoms with van der Waals surface area (Å²) in [4.78, 5) is 8.15. The molecule has 0 bridgehead atoms. The van der Waals surface area contributed by atoms with Crippen molar-refractivity contribution in [3.8, 4) is 0 Å². The summed E-state index contributed by atoms with van der Waals surface area (Å²) >= 11 is 0. The predicted octanol–water partition coefficient (Wildman–Crippen LogP) is 4.63. The van der Waals surface area contributed by atoms with Crippen LogP contribution in [0.1, 0.15) is 17.4 Å². The summed E-state index contributed by atoms with van der Waals surface area (Å²) in [5.41, 5.74) is 4.24. The van der Waals surface area contributed by atoms with Crippen LogP contribution in [0.15, 0.2) is 96.2 Å². The maximum absolute atomic E-state index is 5.91. The van der Waals surface area contributed by atoms with E-state index >= 15 is 0 Å². The number of benzene rings is 3. The van der Waals surface area contributed by atoms with E-state index in [4.69, 9.17) is 4.84 Å². The largest absolute Gasteiger partial charge is 0.365 e. The Kier molecular flexibility index (Phi) is 3.98. The van der Waals surface area contributed by atoms with Crippen molar-refractivity contribution in [3.63, 3.8) is 0 Å². The molecule has 24 heavy (non-hydrogen) atoms. The number of hydrogen-bond donors (Lipinski definition) is 0. The van der Waals surface area contributed by atoms with Gasteiger partial charge in [-0.2, -0.15) is 0 Å². The SMILES string of the molecule is c1ccc(C2=NOC(c3ccccc3)N(c3ccccc3)C2)cc1. The van der Waals surface area contributed by atoms with Gasteiger partial charge in [0.2, 0.25) is 6.23 Å². The Morgan fingerprint density at radius 2 is 1.33 bits per heavy atom.